The second kappa shape index (κ2) is 5.96. The van der Waals surface area contributed by atoms with Crippen molar-refractivity contribution in [2.75, 3.05) is 0 Å². The van der Waals surface area contributed by atoms with Gasteiger partial charge in [0.2, 0.25) is 0 Å². The van der Waals surface area contributed by atoms with Crippen molar-refractivity contribution in [1.29, 1.82) is 0 Å². The fourth-order valence-corrected chi connectivity index (χ4v) is 3.42. The summed E-state index contributed by atoms with van der Waals surface area (Å²) in [5.41, 5.74) is 12.8. The number of hydrogen-bond donors (Lipinski definition) is 2. The van der Waals surface area contributed by atoms with Gasteiger partial charge in [0.25, 0.3) is 0 Å². The summed E-state index contributed by atoms with van der Waals surface area (Å²) in [6.07, 6.45) is 0. The average Bonchev–Trinajstić information content (AvgIpc) is 2.61. The summed E-state index contributed by atoms with van der Waals surface area (Å²) in [5.74, 6) is -0.808. The van der Waals surface area contributed by atoms with E-state index in [0.717, 1.165) is 0 Å². The molecule has 0 fully saturated rings. The van der Waals surface area contributed by atoms with Gasteiger partial charge in [0.05, 0.1) is 22.4 Å². The van der Waals surface area contributed by atoms with Crippen LogP contribution in [-0.4, -0.2) is 4.99 Å². The number of nitrogens with two attached hydrogens (primary N) is 2. The van der Waals surface area contributed by atoms with E-state index in [1.54, 1.807) is 36.4 Å². The minimum Gasteiger partial charge on any atom is -0.440 e. The fraction of sp³-hybridized carbons (Fsp3) is 0.0526. The zero-order chi connectivity index (χ0) is 18.4. The van der Waals surface area contributed by atoms with Gasteiger partial charge < -0.3 is 20.6 Å². The van der Waals surface area contributed by atoms with E-state index in [1.807, 2.05) is 0 Å². The molecule has 1 aliphatic heterocycles. The SMILES string of the molecule is NC(=S)C1=C(N)Oc2c(c(=O)oc3ccccc23)[C@@H]1c1ccc(F)cc1. The van der Waals surface area contributed by atoms with Gasteiger partial charge >= 0.3 is 5.63 Å². The molecule has 1 aromatic heterocycles. The summed E-state index contributed by atoms with van der Waals surface area (Å²) >= 11 is 5.12. The van der Waals surface area contributed by atoms with Gasteiger partial charge in [-0.3, -0.25) is 0 Å². The van der Waals surface area contributed by atoms with Crippen molar-refractivity contribution in [3.63, 3.8) is 0 Å². The van der Waals surface area contributed by atoms with E-state index in [9.17, 15) is 9.18 Å². The number of hydrogen-bond acceptors (Lipinski definition) is 5. The first-order valence-corrected chi connectivity index (χ1v) is 8.16. The molecule has 3 aromatic rings. The number of thiocarbonyl (C=S) groups is 1. The molecule has 0 aliphatic carbocycles. The van der Waals surface area contributed by atoms with Gasteiger partial charge in [0.1, 0.15) is 16.4 Å². The molecule has 0 bridgehead atoms. The van der Waals surface area contributed by atoms with Gasteiger partial charge in [0, 0.05) is 0 Å². The highest BCUT2D eigenvalue weighted by Gasteiger charge is 2.36. The number of halogens is 1. The third-order valence-corrected chi connectivity index (χ3v) is 4.54. The third-order valence-electron chi connectivity index (χ3n) is 4.32. The van der Waals surface area contributed by atoms with E-state index >= 15 is 0 Å². The van der Waals surface area contributed by atoms with Crippen molar-refractivity contribution < 1.29 is 13.5 Å². The summed E-state index contributed by atoms with van der Waals surface area (Å²) in [5, 5.41) is 0.596. The van der Waals surface area contributed by atoms with Gasteiger partial charge in [0.15, 0.2) is 11.6 Å². The van der Waals surface area contributed by atoms with E-state index < -0.39 is 17.4 Å². The van der Waals surface area contributed by atoms with Crippen molar-refractivity contribution >= 4 is 28.2 Å². The second-order valence-electron chi connectivity index (χ2n) is 5.86. The molecule has 1 aliphatic rings. The minimum absolute atomic E-state index is 0.00460. The molecule has 0 amide bonds. The number of ether oxygens (including phenoxy) is 1. The first-order valence-electron chi connectivity index (χ1n) is 7.76. The maximum atomic E-state index is 13.4. The van der Waals surface area contributed by atoms with Gasteiger partial charge in [-0.25, -0.2) is 9.18 Å². The van der Waals surface area contributed by atoms with Crippen LogP contribution in [0.1, 0.15) is 17.0 Å². The first-order chi connectivity index (χ1) is 12.5. The van der Waals surface area contributed by atoms with Gasteiger partial charge in [-0.05, 0) is 29.8 Å². The Balaban J connectivity index is 2.08. The molecule has 26 heavy (non-hydrogen) atoms. The van der Waals surface area contributed by atoms with E-state index in [0.29, 0.717) is 27.9 Å². The molecular weight excluding hydrogens is 355 g/mol. The molecular formula is C19H13FN2O3S. The normalized spacial score (nSPS) is 16.3. The minimum atomic E-state index is -0.710. The summed E-state index contributed by atoms with van der Waals surface area (Å²) in [4.78, 5) is 12.7. The van der Waals surface area contributed by atoms with Crippen molar-refractivity contribution in [1.82, 2.24) is 0 Å². The highest BCUT2D eigenvalue weighted by molar-refractivity contribution is 7.80. The smallest absolute Gasteiger partial charge is 0.344 e. The van der Waals surface area contributed by atoms with Crippen LogP contribution in [0, 0.1) is 5.82 Å². The Hall–Kier alpha value is -3.19. The first kappa shape index (κ1) is 16.3. The summed E-state index contributed by atoms with van der Waals surface area (Å²) < 4.78 is 24.6. The van der Waals surface area contributed by atoms with Crippen molar-refractivity contribution in [3.8, 4) is 5.75 Å². The predicted molar refractivity (Wildman–Crippen MR) is 99.4 cm³/mol. The molecule has 7 heteroatoms. The Morgan fingerprint density at radius 3 is 2.50 bits per heavy atom. The van der Waals surface area contributed by atoms with Gasteiger partial charge in [-0.1, -0.05) is 36.5 Å². The molecule has 1 atom stereocenters. The third kappa shape index (κ3) is 2.44. The van der Waals surface area contributed by atoms with E-state index in [1.165, 1.54) is 12.1 Å². The molecule has 0 saturated carbocycles. The Labute approximate surface area is 152 Å². The molecule has 2 aromatic carbocycles. The number of fused-ring (bicyclic) bond motifs is 3. The lowest BCUT2D eigenvalue weighted by atomic mass is 9.83. The summed E-state index contributed by atoms with van der Waals surface area (Å²) in [6.45, 7) is 0. The van der Waals surface area contributed by atoms with Crippen molar-refractivity contribution in [3.05, 3.63) is 87.4 Å². The van der Waals surface area contributed by atoms with Crippen LogP contribution in [0.3, 0.4) is 0 Å². The standard InChI is InChI=1S/C19H13FN2O3S/c20-10-7-5-9(6-8-10)13-14-16(25-17(21)15(13)18(22)26)11-3-1-2-4-12(11)24-19(14)23/h1-8,13H,21H2,(H2,22,26)/t13-/m0/s1. The van der Waals surface area contributed by atoms with Gasteiger partial charge in [-0.2, -0.15) is 0 Å². The molecule has 0 radical (unpaired) electrons. The summed E-state index contributed by atoms with van der Waals surface area (Å²) in [7, 11) is 0. The monoisotopic (exact) mass is 368 g/mol. The lowest BCUT2D eigenvalue weighted by molar-refractivity contribution is 0.389. The van der Waals surface area contributed by atoms with Crippen LogP contribution < -0.4 is 21.8 Å². The maximum absolute atomic E-state index is 13.4. The zero-order valence-electron chi connectivity index (χ0n) is 13.4. The van der Waals surface area contributed by atoms with Crippen LogP contribution in [0.15, 0.2) is 69.2 Å². The van der Waals surface area contributed by atoms with E-state index in [2.05, 4.69) is 0 Å². The molecule has 5 nitrogen and oxygen atoms in total. The Morgan fingerprint density at radius 1 is 1.12 bits per heavy atom. The fourth-order valence-electron chi connectivity index (χ4n) is 3.20. The van der Waals surface area contributed by atoms with Crippen LogP contribution in [-0.2, 0) is 0 Å². The number of rotatable bonds is 2. The van der Waals surface area contributed by atoms with Crippen LogP contribution in [0.4, 0.5) is 4.39 Å². The largest absolute Gasteiger partial charge is 0.440 e. The van der Waals surface area contributed by atoms with Gasteiger partial charge in [-0.15, -0.1) is 0 Å². The molecule has 0 spiro atoms. The molecule has 0 saturated heterocycles. The van der Waals surface area contributed by atoms with Crippen molar-refractivity contribution in [2.45, 2.75) is 5.92 Å². The molecule has 4 rings (SSSR count). The quantitative estimate of drug-likeness (QED) is 0.534. The highest BCUT2D eigenvalue weighted by Crippen LogP contribution is 2.43. The van der Waals surface area contributed by atoms with Crippen LogP contribution in [0.5, 0.6) is 5.75 Å². The van der Waals surface area contributed by atoms with Crippen LogP contribution in [0.2, 0.25) is 0 Å². The molecule has 4 N–H and O–H groups in total. The number of para-hydroxylation sites is 1. The highest BCUT2D eigenvalue weighted by atomic mass is 32.1. The number of benzene rings is 2. The van der Waals surface area contributed by atoms with Crippen LogP contribution >= 0.6 is 12.2 Å². The zero-order valence-corrected chi connectivity index (χ0v) is 14.2. The van der Waals surface area contributed by atoms with Crippen molar-refractivity contribution in [2.24, 2.45) is 11.5 Å². The molecule has 130 valence electrons. The average molecular weight is 368 g/mol. The summed E-state index contributed by atoms with van der Waals surface area (Å²) in [6, 6.07) is 12.7. The lowest BCUT2D eigenvalue weighted by Gasteiger charge is -2.28. The molecule has 2 heterocycles. The van der Waals surface area contributed by atoms with Crippen LogP contribution in [0.25, 0.3) is 11.0 Å². The second-order valence-corrected chi connectivity index (χ2v) is 6.30. The van der Waals surface area contributed by atoms with E-state index in [4.69, 9.17) is 32.8 Å². The molecule has 0 unspecified atom stereocenters. The maximum Gasteiger partial charge on any atom is 0.344 e. The Bertz CT molecular complexity index is 1140. The Kier molecular flexibility index (Phi) is 3.73. The lowest BCUT2D eigenvalue weighted by Crippen LogP contribution is -2.32. The Morgan fingerprint density at radius 2 is 1.81 bits per heavy atom. The topological polar surface area (TPSA) is 91.5 Å². The predicted octanol–water partition coefficient (Wildman–Crippen LogP) is 2.91. The van der Waals surface area contributed by atoms with E-state index in [-0.39, 0.29) is 16.4 Å².